The predicted molar refractivity (Wildman–Crippen MR) is 97.7 cm³/mol. The van der Waals surface area contributed by atoms with Crippen molar-refractivity contribution in [3.8, 4) is 0 Å². The van der Waals surface area contributed by atoms with Crippen molar-refractivity contribution in [1.29, 1.82) is 0 Å². The van der Waals surface area contributed by atoms with E-state index in [-0.39, 0.29) is 17.4 Å². The second-order valence-corrected chi connectivity index (χ2v) is 8.71. The first-order chi connectivity index (χ1) is 11.3. The Morgan fingerprint density at radius 3 is 2.79 bits per heavy atom. The Balaban J connectivity index is 1.70. The van der Waals surface area contributed by atoms with Gasteiger partial charge in [0.15, 0.2) is 0 Å². The molecule has 0 radical (unpaired) electrons. The molecule has 132 valence electrons. The fourth-order valence-corrected chi connectivity index (χ4v) is 3.91. The minimum Gasteiger partial charge on any atom is -0.349 e. The second-order valence-electron chi connectivity index (χ2n) is 7.75. The highest BCUT2D eigenvalue weighted by Gasteiger charge is 2.27. The van der Waals surface area contributed by atoms with Crippen LogP contribution in [0.5, 0.6) is 0 Å². The number of piperidine rings is 1. The molecule has 24 heavy (non-hydrogen) atoms. The van der Waals surface area contributed by atoms with Crippen LogP contribution in [0.25, 0.3) is 4.96 Å². The Morgan fingerprint density at radius 1 is 1.42 bits per heavy atom. The predicted octanol–water partition coefficient (Wildman–Crippen LogP) is 3.29. The molecule has 0 bridgehead atoms. The van der Waals surface area contributed by atoms with Crippen molar-refractivity contribution in [3.05, 3.63) is 11.9 Å². The number of rotatable bonds is 3. The molecule has 0 aromatic carbocycles. The maximum Gasteiger partial charge on any atom is 0.245 e. The minimum atomic E-state index is -0.275. The summed E-state index contributed by atoms with van der Waals surface area (Å²) in [7, 11) is 0. The molecule has 7 heteroatoms. The van der Waals surface area contributed by atoms with Crippen LogP contribution >= 0.6 is 11.3 Å². The van der Waals surface area contributed by atoms with Gasteiger partial charge in [0.05, 0.1) is 11.9 Å². The zero-order chi connectivity index (χ0) is 17.5. The van der Waals surface area contributed by atoms with Gasteiger partial charge < -0.3 is 10.2 Å². The molecule has 2 aromatic heterocycles. The van der Waals surface area contributed by atoms with Crippen molar-refractivity contribution in [1.82, 2.24) is 19.5 Å². The maximum absolute atomic E-state index is 12.7. The third-order valence-electron chi connectivity index (χ3n) is 4.61. The highest BCUT2D eigenvalue weighted by atomic mass is 32.1. The van der Waals surface area contributed by atoms with E-state index in [1.165, 1.54) is 17.8 Å². The Hall–Kier alpha value is -1.63. The summed E-state index contributed by atoms with van der Waals surface area (Å²) in [5.74, 6) is 0.158. The molecule has 1 amide bonds. The molecule has 3 rings (SSSR count). The van der Waals surface area contributed by atoms with Crippen LogP contribution in [0.1, 0.15) is 59.6 Å². The van der Waals surface area contributed by atoms with Crippen LogP contribution < -0.4 is 5.32 Å². The number of anilines is 1. The molecule has 3 heterocycles. The van der Waals surface area contributed by atoms with Crippen molar-refractivity contribution in [3.63, 3.8) is 0 Å². The summed E-state index contributed by atoms with van der Waals surface area (Å²) in [5.41, 5.74) is 1.04. The molecule has 0 spiro atoms. The summed E-state index contributed by atoms with van der Waals surface area (Å²) in [6, 6.07) is 0.0574. The highest BCUT2D eigenvalue weighted by Crippen LogP contribution is 2.26. The van der Waals surface area contributed by atoms with Crippen molar-refractivity contribution < 1.29 is 4.79 Å². The van der Waals surface area contributed by atoms with E-state index < -0.39 is 0 Å². The molecular formula is C17H27N5OS. The molecule has 6 nitrogen and oxygen atoms in total. The standard InChI is InChI=1S/C17H27N5OS/c1-11-8-6-7-9-21(11)14(23)12(2)18-15-20-22-10-13(17(3,4)5)19-16(22)24-15/h10-12H,6-9H2,1-5H3,(H,18,20). The first-order valence-corrected chi connectivity index (χ1v) is 9.51. The molecule has 0 saturated carbocycles. The number of amides is 1. The molecular weight excluding hydrogens is 322 g/mol. The van der Waals surface area contributed by atoms with Gasteiger partial charge in [-0.2, -0.15) is 0 Å². The van der Waals surface area contributed by atoms with Gasteiger partial charge >= 0.3 is 0 Å². The van der Waals surface area contributed by atoms with Crippen LogP contribution in [-0.2, 0) is 10.2 Å². The lowest BCUT2D eigenvalue weighted by Gasteiger charge is -2.35. The number of fused-ring (bicyclic) bond motifs is 1. The maximum atomic E-state index is 12.7. The van der Waals surface area contributed by atoms with Crippen molar-refractivity contribution in [2.45, 2.75) is 71.4 Å². The number of nitrogens with one attached hydrogen (secondary N) is 1. The molecule has 1 aliphatic heterocycles. The van der Waals surface area contributed by atoms with E-state index in [0.717, 1.165) is 35.2 Å². The van der Waals surface area contributed by atoms with Gasteiger partial charge in [-0.25, -0.2) is 9.50 Å². The normalized spacial score (nSPS) is 20.4. The van der Waals surface area contributed by atoms with E-state index in [9.17, 15) is 4.79 Å². The zero-order valence-corrected chi connectivity index (χ0v) is 16.0. The van der Waals surface area contributed by atoms with Gasteiger partial charge in [-0.05, 0) is 33.1 Å². The fourth-order valence-electron chi connectivity index (χ4n) is 3.04. The van der Waals surface area contributed by atoms with Crippen molar-refractivity contribution >= 4 is 27.3 Å². The lowest BCUT2D eigenvalue weighted by Crippen LogP contribution is -2.48. The van der Waals surface area contributed by atoms with Gasteiger partial charge in [-0.1, -0.05) is 32.1 Å². The van der Waals surface area contributed by atoms with E-state index in [2.05, 4.69) is 43.1 Å². The number of imidazole rings is 1. The minimum absolute atomic E-state index is 0.00860. The molecule has 1 saturated heterocycles. The number of aromatic nitrogens is 3. The Kier molecular flexibility index (Phi) is 4.55. The van der Waals surface area contributed by atoms with Crippen LogP contribution in [-0.4, -0.2) is 44.0 Å². The smallest absolute Gasteiger partial charge is 0.245 e. The van der Waals surface area contributed by atoms with Gasteiger partial charge in [-0.3, -0.25) is 4.79 Å². The fraction of sp³-hybridized carbons (Fsp3) is 0.706. The molecule has 1 fully saturated rings. The van der Waals surface area contributed by atoms with Crippen molar-refractivity contribution in [2.24, 2.45) is 0 Å². The van der Waals surface area contributed by atoms with E-state index in [0.29, 0.717) is 6.04 Å². The SMILES string of the molecule is CC(Nc1nn2cc(C(C)(C)C)nc2s1)C(=O)N1CCCCC1C. The first kappa shape index (κ1) is 17.2. The summed E-state index contributed by atoms with van der Waals surface area (Å²) in [6.45, 7) is 11.3. The Morgan fingerprint density at radius 2 is 2.17 bits per heavy atom. The summed E-state index contributed by atoms with van der Waals surface area (Å²) in [4.78, 5) is 20.2. The largest absolute Gasteiger partial charge is 0.349 e. The number of carbonyl (C=O) groups is 1. The zero-order valence-electron chi connectivity index (χ0n) is 15.2. The summed E-state index contributed by atoms with van der Waals surface area (Å²) < 4.78 is 1.80. The van der Waals surface area contributed by atoms with Gasteiger partial charge in [0.2, 0.25) is 16.0 Å². The number of likely N-dealkylation sites (tertiary alicyclic amines) is 1. The van der Waals surface area contributed by atoms with E-state index in [4.69, 9.17) is 0 Å². The molecule has 1 N–H and O–H groups in total. The van der Waals surface area contributed by atoms with Crippen LogP contribution in [0.4, 0.5) is 5.13 Å². The molecule has 2 aromatic rings. The van der Waals surface area contributed by atoms with Gasteiger partial charge in [0, 0.05) is 18.0 Å². The highest BCUT2D eigenvalue weighted by molar-refractivity contribution is 7.20. The monoisotopic (exact) mass is 349 g/mol. The number of nitrogens with zero attached hydrogens (tertiary/aromatic N) is 4. The third-order valence-corrected chi connectivity index (χ3v) is 5.46. The lowest BCUT2D eigenvalue weighted by atomic mass is 9.93. The quantitative estimate of drug-likeness (QED) is 0.923. The van der Waals surface area contributed by atoms with Crippen LogP contribution in [0.3, 0.4) is 0 Å². The number of carbonyl (C=O) groups excluding carboxylic acids is 1. The van der Waals surface area contributed by atoms with Gasteiger partial charge in [-0.15, -0.1) is 5.10 Å². The van der Waals surface area contributed by atoms with Crippen LogP contribution in [0.15, 0.2) is 6.20 Å². The Bertz CT molecular complexity index is 697. The number of hydrogen-bond acceptors (Lipinski definition) is 5. The van der Waals surface area contributed by atoms with Gasteiger partial charge in [0.1, 0.15) is 6.04 Å². The molecule has 2 unspecified atom stereocenters. The van der Waals surface area contributed by atoms with Crippen molar-refractivity contribution in [2.75, 3.05) is 11.9 Å². The molecule has 2 atom stereocenters. The van der Waals surface area contributed by atoms with Crippen LogP contribution in [0, 0.1) is 0 Å². The lowest BCUT2D eigenvalue weighted by molar-refractivity contribution is -0.134. The van der Waals surface area contributed by atoms with E-state index in [1.54, 1.807) is 4.52 Å². The summed E-state index contributed by atoms with van der Waals surface area (Å²) >= 11 is 1.49. The van der Waals surface area contributed by atoms with E-state index >= 15 is 0 Å². The topological polar surface area (TPSA) is 62.5 Å². The van der Waals surface area contributed by atoms with Gasteiger partial charge in [0.25, 0.3) is 0 Å². The number of hydrogen-bond donors (Lipinski definition) is 1. The summed E-state index contributed by atoms with van der Waals surface area (Å²) in [5, 5.41) is 8.51. The average molecular weight is 350 g/mol. The third kappa shape index (κ3) is 3.41. The molecule has 1 aliphatic rings. The first-order valence-electron chi connectivity index (χ1n) is 8.69. The Labute approximate surface area is 147 Å². The van der Waals surface area contributed by atoms with E-state index in [1.807, 2.05) is 18.0 Å². The summed E-state index contributed by atoms with van der Waals surface area (Å²) in [6.07, 6.45) is 5.38. The second kappa shape index (κ2) is 6.35. The molecule has 0 aliphatic carbocycles. The average Bonchev–Trinajstić information content (AvgIpc) is 3.04. The van der Waals surface area contributed by atoms with Crippen LogP contribution in [0.2, 0.25) is 0 Å².